The average molecular weight is 403 g/mol. The van der Waals surface area contributed by atoms with Gasteiger partial charge in [-0.05, 0) is 72.2 Å². The van der Waals surface area contributed by atoms with Gasteiger partial charge in [-0.2, -0.15) is 0 Å². The summed E-state index contributed by atoms with van der Waals surface area (Å²) in [7, 11) is -3.21. The highest BCUT2D eigenvalue weighted by molar-refractivity contribution is 7.56. The number of hydrogen-bond donors (Lipinski definition) is 2. The average Bonchev–Trinajstić information content (AvgIpc) is 2.56. The van der Waals surface area contributed by atoms with E-state index in [2.05, 4.69) is 25.2 Å². The summed E-state index contributed by atoms with van der Waals surface area (Å²) in [5, 5.41) is 2.90. The molecule has 0 bridgehead atoms. The molecular formula is C22H30NO4P. The van der Waals surface area contributed by atoms with Crippen molar-refractivity contribution in [3.8, 4) is 5.75 Å². The number of nitrogens with one attached hydrogen (secondary N) is 1. The minimum Gasteiger partial charge on any atom is -0.484 e. The number of carbonyl (C=O) groups excluding carboxylic acids is 1. The first-order chi connectivity index (χ1) is 13.0. The third-order valence-corrected chi connectivity index (χ3v) is 5.18. The monoisotopic (exact) mass is 403 g/mol. The van der Waals surface area contributed by atoms with Gasteiger partial charge >= 0.3 is 0 Å². The van der Waals surface area contributed by atoms with Crippen molar-refractivity contribution < 1.29 is 19.0 Å². The first-order valence-corrected chi connectivity index (χ1v) is 11.7. The smallest absolute Gasteiger partial charge is 0.233 e. The number of anilines is 1. The van der Waals surface area contributed by atoms with Crippen molar-refractivity contribution in [1.82, 2.24) is 0 Å². The van der Waals surface area contributed by atoms with Crippen molar-refractivity contribution in [3.05, 3.63) is 58.1 Å². The molecule has 0 fully saturated rings. The highest BCUT2D eigenvalue weighted by atomic mass is 31.2. The van der Waals surface area contributed by atoms with Gasteiger partial charge in [0.15, 0.2) is 6.35 Å². The fourth-order valence-electron chi connectivity index (χ4n) is 3.22. The zero-order valence-corrected chi connectivity index (χ0v) is 18.4. The Kier molecular flexibility index (Phi) is 7.08. The summed E-state index contributed by atoms with van der Waals surface area (Å²) >= 11 is 0. The van der Waals surface area contributed by atoms with Crippen molar-refractivity contribution in [3.63, 3.8) is 0 Å². The SMILES string of the molecule is CC(=O)Nc1ccc(Cc2c(C)cc(OCP(C)(=O)O)cc2C)cc1C(C)C. The van der Waals surface area contributed by atoms with Crippen molar-refractivity contribution in [2.75, 3.05) is 18.3 Å². The molecule has 1 unspecified atom stereocenters. The van der Waals surface area contributed by atoms with Crippen LogP contribution >= 0.6 is 7.37 Å². The molecule has 2 aromatic rings. The molecule has 2 aromatic carbocycles. The summed E-state index contributed by atoms with van der Waals surface area (Å²) in [6.45, 7) is 11.1. The molecule has 0 aromatic heterocycles. The number of ether oxygens (including phenoxy) is 1. The minimum absolute atomic E-state index is 0.0727. The molecule has 152 valence electrons. The Hall–Kier alpha value is -2.10. The number of rotatable bonds is 7. The van der Waals surface area contributed by atoms with Gasteiger partial charge in [0.25, 0.3) is 0 Å². The van der Waals surface area contributed by atoms with E-state index in [0.29, 0.717) is 11.7 Å². The molecule has 6 heteroatoms. The standard InChI is InChI=1S/C22H30NO4P/c1-14(2)20-11-18(7-8-22(20)23-17(5)24)12-21-15(3)9-19(10-16(21)4)27-13-28(6,25)26/h7-11,14H,12-13H2,1-6H3,(H,23,24)(H,25,26). The predicted octanol–water partition coefficient (Wildman–Crippen LogP) is 5.21. The fourth-order valence-corrected chi connectivity index (χ4v) is 3.61. The Morgan fingerprint density at radius 3 is 2.29 bits per heavy atom. The van der Waals surface area contributed by atoms with Gasteiger partial charge in [0, 0.05) is 19.3 Å². The summed E-state index contributed by atoms with van der Waals surface area (Å²) in [6.07, 6.45) is 0.581. The first kappa shape index (κ1) is 22.2. The Balaban J connectivity index is 2.28. The van der Waals surface area contributed by atoms with Crippen LogP contribution in [-0.2, 0) is 15.8 Å². The van der Waals surface area contributed by atoms with E-state index in [4.69, 9.17) is 4.74 Å². The molecule has 5 nitrogen and oxygen atoms in total. The van der Waals surface area contributed by atoms with Gasteiger partial charge in [-0.3, -0.25) is 9.36 Å². The number of amides is 1. The Bertz CT molecular complexity index is 892. The number of aryl methyl sites for hydroxylation is 2. The molecular weight excluding hydrogens is 373 g/mol. The molecule has 0 saturated carbocycles. The quantitative estimate of drug-likeness (QED) is 0.622. The number of hydrogen-bond acceptors (Lipinski definition) is 3. The van der Waals surface area contributed by atoms with Crippen LogP contribution < -0.4 is 10.1 Å². The molecule has 2 N–H and O–H groups in total. The van der Waals surface area contributed by atoms with Gasteiger partial charge < -0.3 is 14.9 Å². The number of carbonyl (C=O) groups is 1. The zero-order chi connectivity index (χ0) is 21.1. The molecule has 0 radical (unpaired) electrons. The summed E-state index contributed by atoms with van der Waals surface area (Å²) in [6, 6.07) is 9.98. The van der Waals surface area contributed by atoms with E-state index in [1.165, 1.54) is 24.7 Å². The van der Waals surface area contributed by atoms with Crippen molar-refractivity contribution in [1.29, 1.82) is 0 Å². The topological polar surface area (TPSA) is 75.6 Å². The summed E-state index contributed by atoms with van der Waals surface area (Å²) in [5.41, 5.74) is 6.51. The zero-order valence-electron chi connectivity index (χ0n) is 17.5. The van der Waals surface area contributed by atoms with Crippen molar-refractivity contribution in [2.45, 2.75) is 47.0 Å². The largest absolute Gasteiger partial charge is 0.484 e. The van der Waals surface area contributed by atoms with Crippen molar-refractivity contribution >= 4 is 19.0 Å². The van der Waals surface area contributed by atoms with Gasteiger partial charge in [0.05, 0.1) is 0 Å². The molecule has 2 rings (SSSR count). The van der Waals surface area contributed by atoms with Gasteiger partial charge in [-0.1, -0.05) is 26.0 Å². The maximum atomic E-state index is 11.5. The van der Waals surface area contributed by atoms with Crippen LogP contribution in [0.4, 0.5) is 5.69 Å². The summed E-state index contributed by atoms with van der Waals surface area (Å²) in [4.78, 5) is 20.9. The van der Waals surface area contributed by atoms with Crippen LogP contribution in [0.15, 0.2) is 30.3 Å². The van der Waals surface area contributed by atoms with E-state index < -0.39 is 7.37 Å². The van der Waals surface area contributed by atoms with Crippen LogP contribution in [-0.4, -0.2) is 23.8 Å². The molecule has 28 heavy (non-hydrogen) atoms. The van der Waals surface area contributed by atoms with Crippen LogP contribution in [0.1, 0.15) is 54.5 Å². The second-order valence-corrected chi connectivity index (χ2v) is 10.2. The van der Waals surface area contributed by atoms with Crippen LogP contribution in [0.25, 0.3) is 0 Å². The Morgan fingerprint density at radius 2 is 1.79 bits per heavy atom. The van der Waals surface area contributed by atoms with E-state index in [-0.39, 0.29) is 12.3 Å². The maximum absolute atomic E-state index is 11.5. The van der Waals surface area contributed by atoms with Crippen LogP contribution in [0.3, 0.4) is 0 Å². The van der Waals surface area contributed by atoms with Gasteiger partial charge in [-0.25, -0.2) is 0 Å². The Labute approximate surface area is 167 Å². The summed E-state index contributed by atoms with van der Waals surface area (Å²) < 4.78 is 16.9. The van der Waals surface area contributed by atoms with Gasteiger partial charge in [-0.15, -0.1) is 0 Å². The molecule has 0 saturated heterocycles. The van der Waals surface area contributed by atoms with Gasteiger partial charge in [0.1, 0.15) is 5.75 Å². The molecule has 0 spiro atoms. The third kappa shape index (κ3) is 6.22. The molecule has 1 atom stereocenters. The summed E-state index contributed by atoms with van der Waals surface area (Å²) in [5.74, 6) is 0.832. The van der Waals surface area contributed by atoms with Gasteiger partial charge in [0.2, 0.25) is 13.3 Å². The highest BCUT2D eigenvalue weighted by Gasteiger charge is 2.14. The fraction of sp³-hybridized carbons (Fsp3) is 0.409. The molecule has 0 heterocycles. The lowest BCUT2D eigenvalue weighted by molar-refractivity contribution is -0.114. The molecule has 0 aliphatic heterocycles. The normalized spacial score (nSPS) is 13.3. The molecule has 1 amide bonds. The van der Waals surface area contributed by atoms with E-state index >= 15 is 0 Å². The van der Waals surface area contributed by atoms with E-state index in [1.54, 1.807) is 0 Å². The van der Waals surface area contributed by atoms with E-state index in [9.17, 15) is 14.3 Å². The molecule has 0 aliphatic rings. The number of benzene rings is 2. The maximum Gasteiger partial charge on any atom is 0.233 e. The van der Waals surface area contributed by atoms with Crippen LogP contribution in [0.5, 0.6) is 5.75 Å². The second kappa shape index (κ2) is 8.93. The van der Waals surface area contributed by atoms with E-state index in [0.717, 1.165) is 28.8 Å². The van der Waals surface area contributed by atoms with E-state index in [1.807, 2.05) is 38.1 Å². The lowest BCUT2D eigenvalue weighted by Crippen LogP contribution is -2.09. The predicted molar refractivity (Wildman–Crippen MR) is 115 cm³/mol. The highest BCUT2D eigenvalue weighted by Crippen LogP contribution is 2.36. The third-order valence-electron chi connectivity index (χ3n) is 4.57. The Morgan fingerprint density at radius 1 is 1.18 bits per heavy atom. The van der Waals surface area contributed by atoms with Crippen molar-refractivity contribution in [2.24, 2.45) is 0 Å². The first-order valence-electron chi connectivity index (χ1n) is 9.39. The van der Waals surface area contributed by atoms with Crippen LogP contribution in [0, 0.1) is 13.8 Å². The van der Waals surface area contributed by atoms with Crippen LogP contribution in [0.2, 0.25) is 0 Å². The lowest BCUT2D eigenvalue weighted by Gasteiger charge is -2.17. The minimum atomic E-state index is -3.21. The second-order valence-electron chi connectivity index (χ2n) is 7.79. The molecule has 0 aliphatic carbocycles. The lowest BCUT2D eigenvalue weighted by atomic mass is 9.92.